The third-order valence-electron chi connectivity index (χ3n) is 2.51. The van der Waals surface area contributed by atoms with Crippen LogP contribution in [0.1, 0.15) is 26.2 Å². The minimum Gasteiger partial charge on any atom is -0.271 e. The summed E-state index contributed by atoms with van der Waals surface area (Å²) in [4.78, 5) is 9.98. The molecule has 0 N–H and O–H groups in total. The quantitative estimate of drug-likeness (QED) is 0.566. The lowest BCUT2D eigenvalue weighted by Crippen LogP contribution is -2.43. The SMILES string of the molecule is CCCCCO[n+]1ccnc2ccccc21. The first-order valence-corrected chi connectivity index (χ1v) is 5.80. The van der Waals surface area contributed by atoms with Crippen LogP contribution in [0.4, 0.5) is 0 Å². The highest BCUT2D eigenvalue weighted by Crippen LogP contribution is 2.03. The van der Waals surface area contributed by atoms with Gasteiger partial charge in [0, 0.05) is 10.8 Å². The molecule has 0 aliphatic heterocycles. The molecule has 2 rings (SSSR count). The number of para-hydroxylation sites is 2. The van der Waals surface area contributed by atoms with Gasteiger partial charge in [-0.05, 0) is 12.5 Å². The lowest BCUT2D eigenvalue weighted by atomic mass is 10.3. The molecule has 0 aliphatic carbocycles. The van der Waals surface area contributed by atoms with E-state index >= 15 is 0 Å². The minimum absolute atomic E-state index is 0.756. The predicted octanol–water partition coefficient (Wildman–Crippen LogP) is 2.14. The molecule has 0 amide bonds. The fourth-order valence-corrected chi connectivity index (χ4v) is 1.64. The van der Waals surface area contributed by atoms with E-state index in [0.29, 0.717) is 0 Å². The summed E-state index contributed by atoms with van der Waals surface area (Å²) in [5.41, 5.74) is 1.97. The molecule has 1 heterocycles. The zero-order valence-corrected chi connectivity index (χ0v) is 9.60. The van der Waals surface area contributed by atoms with Crippen LogP contribution in [0.5, 0.6) is 0 Å². The third kappa shape index (κ3) is 2.48. The van der Waals surface area contributed by atoms with E-state index < -0.39 is 0 Å². The van der Waals surface area contributed by atoms with E-state index in [9.17, 15) is 0 Å². The summed E-state index contributed by atoms with van der Waals surface area (Å²) in [5.74, 6) is 0. The second-order valence-electron chi connectivity index (χ2n) is 3.78. The van der Waals surface area contributed by atoms with E-state index in [2.05, 4.69) is 11.9 Å². The van der Waals surface area contributed by atoms with Crippen LogP contribution >= 0.6 is 0 Å². The molecule has 0 unspecified atom stereocenters. The van der Waals surface area contributed by atoms with Crippen molar-refractivity contribution in [2.75, 3.05) is 6.61 Å². The number of aromatic nitrogens is 2. The number of rotatable bonds is 5. The lowest BCUT2D eigenvalue weighted by Gasteiger charge is -2.00. The Hall–Kier alpha value is -1.64. The fourth-order valence-electron chi connectivity index (χ4n) is 1.64. The number of nitrogens with zero attached hydrogens (tertiary/aromatic N) is 2. The van der Waals surface area contributed by atoms with Gasteiger partial charge in [0.2, 0.25) is 6.20 Å². The van der Waals surface area contributed by atoms with Gasteiger partial charge in [-0.15, -0.1) is 0 Å². The van der Waals surface area contributed by atoms with Gasteiger partial charge in [0.05, 0.1) is 6.20 Å². The van der Waals surface area contributed by atoms with E-state index in [1.54, 1.807) is 10.9 Å². The van der Waals surface area contributed by atoms with Crippen LogP contribution in [0.2, 0.25) is 0 Å². The summed E-state index contributed by atoms with van der Waals surface area (Å²) in [7, 11) is 0. The Labute approximate surface area is 95.7 Å². The van der Waals surface area contributed by atoms with Crippen LogP contribution in [-0.4, -0.2) is 11.6 Å². The van der Waals surface area contributed by atoms with Crippen molar-refractivity contribution in [1.82, 2.24) is 4.98 Å². The number of hydrogen-bond donors (Lipinski definition) is 0. The Bertz CT molecular complexity index is 451. The van der Waals surface area contributed by atoms with E-state index in [1.165, 1.54) is 12.8 Å². The molecule has 0 saturated heterocycles. The normalized spacial score (nSPS) is 10.6. The van der Waals surface area contributed by atoms with Crippen molar-refractivity contribution < 1.29 is 9.57 Å². The van der Waals surface area contributed by atoms with Crippen molar-refractivity contribution in [1.29, 1.82) is 0 Å². The van der Waals surface area contributed by atoms with Gasteiger partial charge in [-0.25, -0.2) is 4.98 Å². The molecule has 16 heavy (non-hydrogen) atoms. The molecule has 1 aromatic carbocycles. The summed E-state index contributed by atoms with van der Waals surface area (Å²) in [6, 6.07) is 7.98. The summed E-state index contributed by atoms with van der Waals surface area (Å²) < 4.78 is 1.80. The Morgan fingerprint density at radius 2 is 2.12 bits per heavy atom. The average molecular weight is 217 g/mol. The van der Waals surface area contributed by atoms with Crippen LogP contribution in [0.15, 0.2) is 36.7 Å². The molecule has 0 saturated carbocycles. The summed E-state index contributed by atoms with van der Waals surface area (Å²) in [6.07, 6.45) is 7.14. The Kier molecular flexibility index (Phi) is 3.70. The molecular formula is C13H17N2O+. The highest BCUT2D eigenvalue weighted by molar-refractivity contribution is 5.69. The molecule has 3 nitrogen and oxygen atoms in total. The van der Waals surface area contributed by atoms with Crippen molar-refractivity contribution >= 4 is 11.0 Å². The first kappa shape index (κ1) is 10.9. The monoisotopic (exact) mass is 217 g/mol. The van der Waals surface area contributed by atoms with E-state index in [-0.39, 0.29) is 0 Å². The Morgan fingerprint density at radius 3 is 3.00 bits per heavy atom. The number of fused-ring (bicyclic) bond motifs is 1. The van der Waals surface area contributed by atoms with Gasteiger partial charge in [0.1, 0.15) is 5.52 Å². The standard InChI is InChI=1S/C13H17N2O/c1-2-3-6-11-16-15-10-9-14-12-7-4-5-8-13(12)15/h4-5,7-10H,2-3,6,11H2,1H3/q+1. The maximum absolute atomic E-state index is 5.70. The third-order valence-corrected chi connectivity index (χ3v) is 2.51. The molecule has 0 aliphatic rings. The maximum atomic E-state index is 5.70. The second-order valence-corrected chi connectivity index (χ2v) is 3.78. The maximum Gasteiger partial charge on any atom is 0.282 e. The van der Waals surface area contributed by atoms with Gasteiger partial charge in [-0.2, -0.15) is 0 Å². The van der Waals surface area contributed by atoms with Crippen LogP contribution in [0.25, 0.3) is 11.0 Å². The Morgan fingerprint density at radius 1 is 1.25 bits per heavy atom. The smallest absolute Gasteiger partial charge is 0.271 e. The van der Waals surface area contributed by atoms with Crippen LogP contribution in [0, 0.1) is 0 Å². The van der Waals surface area contributed by atoms with Crippen molar-refractivity contribution in [2.24, 2.45) is 0 Å². The van der Waals surface area contributed by atoms with Crippen molar-refractivity contribution in [3.8, 4) is 0 Å². The average Bonchev–Trinajstić information content (AvgIpc) is 2.35. The highest BCUT2D eigenvalue weighted by atomic mass is 16.7. The molecule has 3 heteroatoms. The van der Waals surface area contributed by atoms with Gasteiger partial charge >= 0.3 is 0 Å². The van der Waals surface area contributed by atoms with Crippen LogP contribution < -0.4 is 9.57 Å². The van der Waals surface area contributed by atoms with Crippen LogP contribution in [0.3, 0.4) is 0 Å². The summed E-state index contributed by atoms with van der Waals surface area (Å²) in [5, 5.41) is 0. The number of benzene rings is 1. The molecular weight excluding hydrogens is 200 g/mol. The fraction of sp³-hybridized carbons (Fsp3) is 0.385. The number of hydrogen-bond acceptors (Lipinski definition) is 2. The van der Waals surface area contributed by atoms with Crippen LogP contribution in [-0.2, 0) is 0 Å². The number of unbranched alkanes of at least 4 members (excludes halogenated alkanes) is 2. The molecule has 0 spiro atoms. The topological polar surface area (TPSA) is 26.0 Å². The van der Waals surface area contributed by atoms with Gasteiger partial charge in [-0.3, -0.25) is 4.84 Å². The molecule has 84 valence electrons. The van der Waals surface area contributed by atoms with Crippen molar-refractivity contribution in [3.63, 3.8) is 0 Å². The highest BCUT2D eigenvalue weighted by Gasteiger charge is 2.09. The lowest BCUT2D eigenvalue weighted by molar-refractivity contribution is -0.871. The molecule has 0 bridgehead atoms. The van der Waals surface area contributed by atoms with Gasteiger partial charge in [0.15, 0.2) is 6.61 Å². The van der Waals surface area contributed by atoms with Crippen molar-refractivity contribution in [3.05, 3.63) is 36.7 Å². The molecule has 2 aromatic rings. The Balaban J connectivity index is 2.11. The molecule has 1 aromatic heterocycles. The van der Waals surface area contributed by atoms with E-state index in [4.69, 9.17) is 4.84 Å². The predicted molar refractivity (Wildman–Crippen MR) is 62.9 cm³/mol. The largest absolute Gasteiger partial charge is 0.282 e. The first-order valence-electron chi connectivity index (χ1n) is 5.80. The molecule has 0 fully saturated rings. The minimum atomic E-state index is 0.756. The first-order chi connectivity index (χ1) is 7.92. The van der Waals surface area contributed by atoms with Gasteiger partial charge < -0.3 is 0 Å². The molecule has 0 atom stereocenters. The van der Waals surface area contributed by atoms with E-state index in [0.717, 1.165) is 24.1 Å². The second kappa shape index (κ2) is 5.45. The van der Waals surface area contributed by atoms with Crippen molar-refractivity contribution in [2.45, 2.75) is 26.2 Å². The zero-order chi connectivity index (χ0) is 11.2. The van der Waals surface area contributed by atoms with Gasteiger partial charge in [-0.1, -0.05) is 31.9 Å². The van der Waals surface area contributed by atoms with E-state index in [1.807, 2.05) is 30.5 Å². The molecule has 0 radical (unpaired) electrons. The van der Waals surface area contributed by atoms with Gasteiger partial charge in [0.25, 0.3) is 5.52 Å². The summed E-state index contributed by atoms with van der Waals surface area (Å²) >= 11 is 0. The zero-order valence-electron chi connectivity index (χ0n) is 9.60. The summed E-state index contributed by atoms with van der Waals surface area (Å²) in [6.45, 7) is 2.95.